The Bertz CT molecular complexity index is 841. The third-order valence-corrected chi connectivity index (χ3v) is 3.80. The molecule has 0 saturated carbocycles. The van der Waals surface area contributed by atoms with Crippen LogP contribution in [0.1, 0.15) is 44.4 Å². The molecule has 1 aliphatic rings. The number of imide groups is 1. The second kappa shape index (κ2) is 7.26. The van der Waals surface area contributed by atoms with Crippen LogP contribution in [0.2, 0.25) is 0 Å². The highest BCUT2D eigenvalue weighted by atomic mass is 16.7. The van der Waals surface area contributed by atoms with E-state index >= 15 is 0 Å². The van der Waals surface area contributed by atoms with E-state index in [9.17, 15) is 14.4 Å². The van der Waals surface area contributed by atoms with Crippen molar-refractivity contribution in [3.8, 4) is 11.5 Å². The maximum Gasteiger partial charge on any atom is 0.367 e. The zero-order valence-corrected chi connectivity index (χ0v) is 14.4. The summed E-state index contributed by atoms with van der Waals surface area (Å²) in [4.78, 5) is 42.1. The first kappa shape index (κ1) is 17.5. The Labute approximate surface area is 150 Å². The number of benzene rings is 2. The van der Waals surface area contributed by atoms with Crippen molar-refractivity contribution in [2.75, 3.05) is 13.7 Å². The van der Waals surface area contributed by atoms with Crippen molar-refractivity contribution >= 4 is 17.8 Å². The summed E-state index contributed by atoms with van der Waals surface area (Å²) in [7, 11) is 1.40. The van der Waals surface area contributed by atoms with Crippen LogP contribution in [0.4, 0.5) is 0 Å². The van der Waals surface area contributed by atoms with E-state index in [1.807, 2.05) is 6.92 Å². The lowest BCUT2D eigenvalue weighted by Gasteiger charge is -2.15. The molecule has 1 heterocycles. The number of methoxy groups -OCH3 is 1. The molecule has 0 fully saturated rings. The molecule has 0 saturated heterocycles. The minimum absolute atomic E-state index is 0.0768. The highest BCUT2D eigenvalue weighted by Gasteiger charge is 2.39. The van der Waals surface area contributed by atoms with Gasteiger partial charge in [-0.2, -0.15) is 0 Å². The lowest BCUT2D eigenvalue weighted by Crippen LogP contribution is -2.32. The normalized spacial score (nSPS) is 12.8. The minimum Gasteiger partial charge on any atom is -0.496 e. The summed E-state index contributed by atoms with van der Waals surface area (Å²) in [5.41, 5.74) is 0.467. The van der Waals surface area contributed by atoms with Crippen LogP contribution in [-0.4, -0.2) is 36.6 Å². The Balaban J connectivity index is 1.81. The molecule has 7 nitrogen and oxygen atoms in total. The van der Waals surface area contributed by atoms with E-state index in [4.69, 9.17) is 14.3 Å². The number of fused-ring (bicyclic) bond motifs is 1. The van der Waals surface area contributed by atoms with Crippen molar-refractivity contribution in [2.24, 2.45) is 0 Å². The molecule has 134 valence electrons. The van der Waals surface area contributed by atoms with Gasteiger partial charge in [-0.25, -0.2) is 4.79 Å². The number of carbonyl (C=O) groups excluding carboxylic acids is 3. The molecule has 0 spiro atoms. The van der Waals surface area contributed by atoms with Gasteiger partial charge in [0.05, 0.1) is 24.8 Å². The van der Waals surface area contributed by atoms with Crippen molar-refractivity contribution in [1.82, 2.24) is 5.06 Å². The Morgan fingerprint density at radius 1 is 1.04 bits per heavy atom. The molecule has 0 unspecified atom stereocenters. The molecule has 0 bridgehead atoms. The van der Waals surface area contributed by atoms with Crippen molar-refractivity contribution in [1.29, 1.82) is 0 Å². The molecular formula is C19H17NO6. The monoisotopic (exact) mass is 355 g/mol. The van der Waals surface area contributed by atoms with Gasteiger partial charge in [-0.1, -0.05) is 24.1 Å². The molecular weight excluding hydrogens is 338 g/mol. The Morgan fingerprint density at radius 2 is 1.69 bits per heavy atom. The van der Waals surface area contributed by atoms with Gasteiger partial charge in [-0.15, -0.1) is 0 Å². The average molecular weight is 355 g/mol. The van der Waals surface area contributed by atoms with Gasteiger partial charge in [-0.05, 0) is 30.7 Å². The standard InChI is InChI=1S/C19H17NO6/c1-3-10-25-12-8-9-15(16(11-12)24-2)19(23)26-20-17(21)13-6-4-5-7-14(13)18(20)22/h4-9,11H,3,10H2,1-2H3. The van der Waals surface area contributed by atoms with E-state index in [-0.39, 0.29) is 22.4 Å². The first-order valence-electron chi connectivity index (χ1n) is 8.07. The first-order valence-corrected chi connectivity index (χ1v) is 8.07. The maximum atomic E-state index is 12.5. The minimum atomic E-state index is -0.876. The number of carbonyl (C=O) groups is 3. The van der Waals surface area contributed by atoms with Gasteiger partial charge < -0.3 is 14.3 Å². The predicted molar refractivity (Wildman–Crippen MR) is 91.1 cm³/mol. The number of rotatable bonds is 6. The first-order chi connectivity index (χ1) is 12.6. The molecule has 0 radical (unpaired) electrons. The number of hydrogen-bond acceptors (Lipinski definition) is 6. The molecule has 3 rings (SSSR count). The quantitative estimate of drug-likeness (QED) is 0.741. The maximum absolute atomic E-state index is 12.5. The summed E-state index contributed by atoms with van der Waals surface area (Å²) < 4.78 is 10.7. The Kier molecular flexibility index (Phi) is 4.88. The topological polar surface area (TPSA) is 82.1 Å². The summed E-state index contributed by atoms with van der Waals surface area (Å²) in [5, 5.41) is 0.466. The highest BCUT2D eigenvalue weighted by molar-refractivity contribution is 6.21. The third-order valence-electron chi connectivity index (χ3n) is 3.80. The Hall–Kier alpha value is -3.35. The summed E-state index contributed by atoms with van der Waals surface area (Å²) in [6.45, 7) is 2.51. The van der Waals surface area contributed by atoms with E-state index < -0.39 is 17.8 Å². The zero-order chi connectivity index (χ0) is 18.7. The molecule has 1 aliphatic heterocycles. The van der Waals surface area contributed by atoms with Crippen LogP contribution in [0.25, 0.3) is 0 Å². The fourth-order valence-electron chi connectivity index (χ4n) is 2.53. The van der Waals surface area contributed by atoms with Crippen LogP contribution in [-0.2, 0) is 4.84 Å². The highest BCUT2D eigenvalue weighted by Crippen LogP contribution is 2.28. The van der Waals surface area contributed by atoms with E-state index in [0.29, 0.717) is 17.4 Å². The summed E-state index contributed by atoms with van der Waals surface area (Å²) in [6.07, 6.45) is 0.839. The van der Waals surface area contributed by atoms with Crippen LogP contribution in [0.15, 0.2) is 42.5 Å². The Morgan fingerprint density at radius 3 is 2.27 bits per heavy atom. The molecule has 0 aliphatic carbocycles. The number of nitrogens with zero attached hydrogens (tertiary/aromatic N) is 1. The van der Waals surface area contributed by atoms with Crippen molar-refractivity contribution in [2.45, 2.75) is 13.3 Å². The van der Waals surface area contributed by atoms with Gasteiger partial charge in [0, 0.05) is 6.07 Å². The van der Waals surface area contributed by atoms with E-state index in [1.54, 1.807) is 24.3 Å². The fourth-order valence-corrected chi connectivity index (χ4v) is 2.53. The van der Waals surface area contributed by atoms with Gasteiger partial charge in [-0.3, -0.25) is 9.59 Å². The van der Waals surface area contributed by atoms with E-state index in [2.05, 4.69) is 0 Å². The second-order valence-electron chi connectivity index (χ2n) is 5.54. The molecule has 2 aromatic rings. The molecule has 0 atom stereocenters. The smallest absolute Gasteiger partial charge is 0.367 e. The lowest BCUT2D eigenvalue weighted by molar-refractivity contribution is -0.0586. The summed E-state index contributed by atoms with van der Waals surface area (Å²) in [5.74, 6) is -1.47. The summed E-state index contributed by atoms with van der Waals surface area (Å²) >= 11 is 0. The second-order valence-corrected chi connectivity index (χ2v) is 5.54. The summed E-state index contributed by atoms with van der Waals surface area (Å²) in [6, 6.07) is 10.9. The van der Waals surface area contributed by atoms with Gasteiger partial charge in [0.1, 0.15) is 17.1 Å². The SMILES string of the molecule is CCCOc1ccc(C(=O)ON2C(=O)c3ccccc3C2=O)c(OC)c1. The van der Waals surface area contributed by atoms with Gasteiger partial charge in [0.15, 0.2) is 0 Å². The van der Waals surface area contributed by atoms with Gasteiger partial charge in [0.25, 0.3) is 11.8 Å². The largest absolute Gasteiger partial charge is 0.496 e. The van der Waals surface area contributed by atoms with E-state index in [1.165, 1.54) is 25.3 Å². The zero-order valence-electron chi connectivity index (χ0n) is 14.4. The van der Waals surface area contributed by atoms with Crippen molar-refractivity contribution in [3.05, 3.63) is 59.2 Å². The predicted octanol–water partition coefficient (Wildman–Crippen LogP) is 2.85. The van der Waals surface area contributed by atoms with Crippen LogP contribution in [0, 0.1) is 0 Å². The molecule has 0 aromatic heterocycles. The van der Waals surface area contributed by atoms with Crippen molar-refractivity contribution in [3.63, 3.8) is 0 Å². The van der Waals surface area contributed by atoms with Crippen LogP contribution in [0.3, 0.4) is 0 Å². The van der Waals surface area contributed by atoms with Gasteiger partial charge >= 0.3 is 5.97 Å². The fraction of sp³-hybridized carbons (Fsp3) is 0.211. The molecule has 0 N–H and O–H groups in total. The van der Waals surface area contributed by atoms with Crippen LogP contribution >= 0.6 is 0 Å². The van der Waals surface area contributed by atoms with Crippen LogP contribution in [0.5, 0.6) is 11.5 Å². The van der Waals surface area contributed by atoms with E-state index in [0.717, 1.165) is 6.42 Å². The average Bonchev–Trinajstić information content (AvgIpc) is 2.91. The number of amides is 2. The molecule has 7 heteroatoms. The molecule has 2 aromatic carbocycles. The number of hydrogen-bond donors (Lipinski definition) is 0. The number of hydroxylamine groups is 2. The van der Waals surface area contributed by atoms with Crippen LogP contribution < -0.4 is 9.47 Å². The van der Waals surface area contributed by atoms with Crippen molar-refractivity contribution < 1.29 is 28.7 Å². The third kappa shape index (κ3) is 3.11. The van der Waals surface area contributed by atoms with Gasteiger partial charge in [0.2, 0.25) is 0 Å². The number of ether oxygens (including phenoxy) is 2. The lowest BCUT2D eigenvalue weighted by atomic mass is 10.1. The molecule has 2 amide bonds. The molecule has 26 heavy (non-hydrogen) atoms.